The van der Waals surface area contributed by atoms with Crippen molar-refractivity contribution < 1.29 is 18.7 Å². The van der Waals surface area contributed by atoms with Gasteiger partial charge in [-0.1, -0.05) is 153 Å². The van der Waals surface area contributed by atoms with Crippen molar-refractivity contribution in [3.05, 3.63) is 236 Å². The third kappa shape index (κ3) is 8.22. The molecule has 0 aliphatic heterocycles. The Morgan fingerprint density at radius 3 is 1.41 bits per heavy atom. The molecule has 0 amide bonds. The number of hydrogen-bond donors (Lipinski definition) is 0. The van der Waals surface area contributed by atoms with Gasteiger partial charge in [0, 0.05) is 48.1 Å². The highest BCUT2D eigenvalue weighted by molar-refractivity contribution is 6.37. The maximum atomic E-state index is 6.93. The van der Waals surface area contributed by atoms with Crippen molar-refractivity contribution in [1.82, 2.24) is 0 Å². The minimum atomic E-state index is -1.01. The van der Waals surface area contributed by atoms with Gasteiger partial charge in [0.25, 0.3) is 0 Å². The van der Waals surface area contributed by atoms with E-state index < -0.39 is 7.32 Å². The number of hydrogen-bond acceptors (Lipinski definition) is 6. The molecule has 1 aliphatic carbocycles. The summed E-state index contributed by atoms with van der Waals surface area (Å²) in [4.78, 5) is 4.50. The second-order valence-electron chi connectivity index (χ2n) is 16.8. The van der Waals surface area contributed by atoms with Crippen molar-refractivity contribution in [2.24, 2.45) is 0 Å². The lowest BCUT2D eigenvalue weighted by Gasteiger charge is -2.29. The molecule has 66 heavy (non-hydrogen) atoms. The quantitative estimate of drug-likeness (QED) is 0.102. The number of nitrogens with zero attached hydrogens (tertiary/aromatic N) is 2. The Bertz CT molecular complexity index is 2950. The zero-order chi connectivity index (χ0) is 45.0. The molecule has 0 N–H and O–H groups in total. The Kier molecular flexibility index (Phi) is 11.7. The highest BCUT2D eigenvalue weighted by Crippen LogP contribution is 2.53. The van der Waals surface area contributed by atoms with Gasteiger partial charge in [0.15, 0.2) is 11.5 Å². The van der Waals surface area contributed by atoms with Gasteiger partial charge in [0.1, 0.15) is 5.75 Å². The third-order valence-corrected chi connectivity index (χ3v) is 12.4. The Labute approximate surface area is 388 Å². The first kappa shape index (κ1) is 42.1. The second-order valence-corrected chi connectivity index (χ2v) is 16.8. The van der Waals surface area contributed by atoms with Crippen LogP contribution in [0.3, 0.4) is 0 Å². The first-order chi connectivity index (χ1) is 32.4. The topological polar surface area (TPSA) is 43.4 Å². The van der Waals surface area contributed by atoms with Crippen LogP contribution >= 0.6 is 0 Å². The van der Waals surface area contributed by atoms with E-state index in [2.05, 4.69) is 218 Å². The van der Waals surface area contributed by atoms with E-state index >= 15 is 0 Å². The molecule has 0 saturated heterocycles. The Hall–Kier alpha value is -7.84. The summed E-state index contributed by atoms with van der Waals surface area (Å²) in [5.41, 5.74) is 15.0. The van der Waals surface area contributed by atoms with E-state index in [1.54, 1.807) is 14.2 Å². The predicted octanol–water partition coefficient (Wildman–Crippen LogP) is 15.7. The van der Waals surface area contributed by atoms with Gasteiger partial charge in [-0.2, -0.15) is 0 Å². The van der Waals surface area contributed by atoms with Gasteiger partial charge < -0.3 is 28.5 Å². The van der Waals surface area contributed by atoms with Crippen molar-refractivity contribution in [2.75, 3.05) is 24.0 Å². The molecule has 9 aromatic rings. The number of fused-ring (bicyclic) bond motifs is 3. The van der Waals surface area contributed by atoms with Crippen molar-refractivity contribution in [3.63, 3.8) is 0 Å². The fourth-order valence-electron chi connectivity index (χ4n) is 9.11. The lowest BCUT2D eigenvalue weighted by atomic mass is 9.82. The predicted molar refractivity (Wildman–Crippen MR) is 271 cm³/mol. The molecule has 9 aromatic carbocycles. The molecule has 0 spiro atoms. The summed E-state index contributed by atoms with van der Waals surface area (Å²) in [6.45, 7) is 4.60. The number of ether oxygens (including phenoxy) is 1. The number of anilines is 6. The second kappa shape index (κ2) is 18.3. The summed E-state index contributed by atoms with van der Waals surface area (Å²) in [6, 6.07) is 78.2. The highest BCUT2D eigenvalue weighted by atomic mass is 16.7. The zero-order valence-corrected chi connectivity index (χ0v) is 37.5. The van der Waals surface area contributed by atoms with E-state index in [9.17, 15) is 0 Å². The SMILES string of the molecule is COB(OC)Oc1c(Oc2ccc3c(c2)-c2ccc(N(c4ccccc4)c4ccccc4)cc2C3(C)C)cccc1N(c1ccc(-c2ccccc2)cc1)c1ccc(-c2ccccc2)cc1. The first-order valence-corrected chi connectivity index (χ1v) is 22.2. The molecule has 322 valence electrons. The summed E-state index contributed by atoms with van der Waals surface area (Å²) in [6.07, 6.45) is 0. The Morgan fingerprint density at radius 1 is 0.394 bits per heavy atom. The summed E-state index contributed by atoms with van der Waals surface area (Å²) in [7, 11) is 2.11. The molecule has 10 rings (SSSR count). The average molecular weight is 861 g/mol. The van der Waals surface area contributed by atoms with E-state index in [4.69, 9.17) is 18.7 Å². The van der Waals surface area contributed by atoms with Crippen LogP contribution in [0.1, 0.15) is 25.0 Å². The van der Waals surface area contributed by atoms with Crippen molar-refractivity contribution in [1.29, 1.82) is 0 Å². The van der Waals surface area contributed by atoms with Crippen LogP contribution in [0.2, 0.25) is 0 Å². The standard InChI is InChI=1S/C59H49BN2O4/c1-59(2)54-39-37-51(41-53(54)52-38-36-50(40-55(52)59)61(46-22-13-7-14-23-46)47-24-15-8-16-25-47)65-57-27-17-26-56(58(57)66-60(63-3)64-4)62(48-32-28-44(29-33-48)42-18-9-5-10-19-42)49-34-30-45(31-35-49)43-20-11-6-12-21-43/h5-41H,1-4H3. The Balaban J connectivity index is 1.05. The fraction of sp³-hybridized carbons (Fsp3) is 0.0847. The van der Waals surface area contributed by atoms with Gasteiger partial charge in [-0.3, -0.25) is 0 Å². The van der Waals surface area contributed by atoms with Crippen LogP contribution in [-0.4, -0.2) is 21.5 Å². The van der Waals surface area contributed by atoms with Crippen molar-refractivity contribution in [2.45, 2.75) is 19.3 Å². The van der Waals surface area contributed by atoms with Crippen LogP contribution in [0.15, 0.2) is 224 Å². The molecule has 0 atom stereocenters. The normalized spacial score (nSPS) is 12.2. The largest absolute Gasteiger partial charge is 0.712 e. The van der Waals surface area contributed by atoms with Gasteiger partial charge >= 0.3 is 7.32 Å². The van der Waals surface area contributed by atoms with Crippen LogP contribution in [0.4, 0.5) is 34.1 Å². The number of benzene rings is 9. The van der Waals surface area contributed by atoms with Crippen LogP contribution < -0.4 is 19.2 Å². The lowest BCUT2D eigenvalue weighted by molar-refractivity contribution is 0.200. The molecule has 7 heteroatoms. The molecule has 1 aliphatic rings. The van der Waals surface area contributed by atoms with E-state index in [1.165, 1.54) is 16.7 Å². The van der Waals surface area contributed by atoms with Gasteiger partial charge in [0.05, 0.1) is 5.69 Å². The summed E-state index contributed by atoms with van der Waals surface area (Å²) in [5.74, 6) is 1.64. The smallest absolute Gasteiger partial charge is 0.507 e. The summed E-state index contributed by atoms with van der Waals surface area (Å²) in [5, 5.41) is 0. The van der Waals surface area contributed by atoms with E-state index in [1.807, 2.05) is 30.3 Å². The maximum Gasteiger partial charge on any atom is 0.712 e. The minimum absolute atomic E-state index is 0.261. The average Bonchev–Trinajstić information content (AvgIpc) is 3.60. The number of para-hydroxylation sites is 3. The van der Waals surface area contributed by atoms with Crippen molar-refractivity contribution in [3.8, 4) is 50.6 Å². The van der Waals surface area contributed by atoms with E-state index in [-0.39, 0.29) is 5.41 Å². The molecule has 0 aromatic heterocycles. The molecular formula is C59H49BN2O4. The summed E-state index contributed by atoms with van der Waals surface area (Å²) < 4.78 is 24.9. The van der Waals surface area contributed by atoms with Gasteiger partial charge in [0.2, 0.25) is 0 Å². The number of rotatable bonds is 14. The third-order valence-electron chi connectivity index (χ3n) is 12.4. The van der Waals surface area contributed by atoms with E-state index in [0.717, 1.165) is 61.9 Å². The summed E-state index contributed by atoms with van der Waals surface area (Å²) >= 11 is 0. The maximum absolute atomic E-state index is 6.93. The van der Waals surface area contributed by atoms with Crippen LogP contribution in [0.5, 0.6) is 17.2 Å². The van der Waals surface area contributed by atoms with Crippen LogP contribution in [0, 0.1) is 0 Å². The minimum Gasteiger partial charge on any atom is -0.507 e. The zero-order valence-electron chi connectivity index (χ0n) is 37.5. The van der Waals surface area contributed by atoms with Gasteiger partial charge in [-0.25, -0.2) is 0 Å². The molecule has 0 heterocycles. The molecule has 0 saturated carbocycles. The van der Waals surface area contributed by atoms with Crippen molar-refractivity contribution >= 4 is 41.4 Å². The van der Waals surface area contributed by atoms with Crippen LogP contribution in [-0.2, 0) is 14.7 Å². The first-order valence-electron chi connectivity index (χ1n) is 22.2. The molecule has 0 bridgehead atoms. The van der Waals surface area contributed by atoms with E-state index in [0.29, 0.717) is 17.2 Å². The van der Waals surface area contributed by atoms with Crippen LogP contribution in [0.25, 0.3) is 33.4 Å². The molecule has 6 nitrogen and oxygen atoms in total. The molecule has 0 fully saturated rings. The Morgan fingerprint density at radius 2 is 0.879 bits per heavy atom. The molecular weight excluding hydrogens is 811 g/mol. The molecule has 0 unspecified atom stereocenters. The fourth-order valence-corrected chi connectivity index (χ4v) is 9.11. The lowest BCUT2D eigenvalue weighted by Crippen LogP contribution is -2.28. The van der Waals surface area contributed by atoms with Gasteiger partial charge in [-0.15, -0.1) is 0 Å². The molecule has 0 radical (unpaired) electrons. The monoisotopic (exact) mass is 860 g/mol. The highest BCUT2D eigenvalue weighted by Gasteiger charge is 2.37. The van der Waals surface area contributed by atoms with Gasteiger partial charge in [-0.05, 0) is 129 Å².